The van der Waals surface area contributed by atoms with Crippen molar-refractivity contribution < 1.29 is 13.2 Å². The molecule has 0 saturated carbocycles. The van der Waals surface area contributed by atoms with E-state index in [-0.39, 0.29) is 5.69 Å². The lowest BCUT2D eigenvalue weighted by molar-refractivity contribution is -0.141. The van der Waals surface area contributed by atoms with Crippen LogP contribution in [0, 0.1) is 6.42 Å². The maximum Gasteiger partial charge on any atom is 0.433 e. The highest BCUT2D eigenvalue weighted by Crippen LogP contribution is 2.27. The minimum Gasteiger partial charge on any atom is -0.241 e. The molecule has 1 heterocycles. The quantitative estimate of drug-likeness (QED) is 0.652. The van der Waals surface area contributed by atoms with Gasteiger partial charge in [-0.2, -0.15) is 13.2 Å². The Labute approximate surface area is 67.5 Å². The van der Waals surface area contributed by atoms with Crippen molar-refractivity contribution in [1.29, 1.82) is 0 Å². The van der Waals surface area contributed by atoms with E-state index < -0.39 is 11.9 Å². The molecule has 65 valence electrons. The third kappa shape index (κ3) is 1.93. The SMILES string of the molecule is C[CH]c1cc(C(F)(F)F)ncn1. The Morgan fingerprint density at radius 3 is 2.50 bits per heavy atom. The number of aromatic nitrogens is 2. The Morgan fingerprint density at radius 2 is 2.00 bits per heavy atom. The molecule has 0 atom stereocenters. The number of rotatable bonds is 1. The molecule has 0 aromatic carbocycles. The normalized spacial score (nSPS) is 11.7. The van der Waals surface area contributed by atoms with E-state index in [0.717, 1.165) is 12.4 Å². The fourth-order valence-electron chi connectivity index (χ4n) is 0.685. The summed E-state index contributed by atoms with van der Waals surface area (Å²) >= 11 is 0. The molecule has 0 aliphatic heterocycles. The van der Waals surface area contributed by atoms with Crippen molar-refractivity contribution in [2.24, 2.45) is 0 Å². The lowest BCUT2D eigenvalue weighted by Gasteiger charge is -2.04. The van der Waals surface area contributed by atoms with Gasteiger partial charge in [0.1, 0.15) is 12.0 Å². The van der Waals surface area contributed by atoms with Gasteiger partial charge in [0.15, 0.2) is 0 Å². The maximum atomic E-state index is 12.0. The average molecular weight is 175 g/mol. The van der Waals surface area contributed by atoms with Crippen LogP contribution in [0.3, 0.4) is 0 Å². The molecule has 12 heavy (non-hydrogen) atoms. The Hall–Kier alpha value is -1.13. The van der Waals surface area contributed by atoms with E-state index in [1.54, 1.807) is 6.92 Å². The summed E-state index contributed by atoms with van der Waals surface area (Å²) in [6.07, 6.45) is -2.00. The Morgan fingerprint density at radius 1 is 1.33 bits per heavy atom. The fraction of sp³-hybridized carbons (Fsp3) is 0.286. The third-order valence-corrected chi connectivity index (χ3v) is 1.27. The van der Waals surface area contributed by atoms with Crippen LogP contribution in [0.5, 0.6) is 0 Å². The number of hydrogen-bond donors (Lipinski definition) is 0. The zero-order valence-electron chi connectivity index (χ0n) is 6.26. The first-order chi connectivity index (χ1) is 5.54. The van der Waals surface area contributed by atoms with Crippen molar-refractivity contribution in [3.8, 4) is 0 Å². The van der Waals surface area contributed by atoms with Crippen LogP contribution in [0.25, 0.3) is 0 Å². The predicted octanol–water partition coefficient (Wildman–Crippen LogP) is 2.07. The lowest BCUT2D eigenvalue weighted by atomic mass is 10.3. The minimum absolute atomic E-state index is 0.275. The first-order valence-corrected chi connectivity index (χ1v) is 3.22. The van der Waals surface area contributed by atoms with Gasteiger partial charge in [-0.05, 0) is 6.07 Å². The second-order valence-electron chi connectivity index (χ2n) is 2.11. The van der Waals surface area contributed by atoms with Gasteiger partial charge in [-0.1, -0.05) is 6.92 Å². The Bertz CT molecular complexity index is 270. The monoisotopic (exact) mass is 175 g/mol. The van der Waals surface area contributed by atoms with E-state index in [4.69, 9.17) is 0 Å². The van der Waals surface area contributed by atoms with Gasteiger partial charge in [-0.15, -0.1) is 0 Å². The van der Waals surface area contributed by atoms with Crippen molar-refractivity contribution in [3.05, 3.63) is 30.2 Å². The van der Waals surface area contributed by atoms with Crippen LogP contribution in [0.1, 0.15) is 18.3 Å². The lowest BCUT2D eigenvalue weighted by Crippen LogP contribution is -2.08. The smallest absolute Gasteiger partial charge is 0.241 e. The molecule has 0 spiro atoms. The molecule has 1 aromatic heterocycles. The fourth-order valence-corrected chi connectivity index (χ4v) is 0.685. The highest BCUT2D eigenvalue weighted by molar-refractivity contribution is 5.16. The van der Waals surface area contributed by atoms with Gasteiger partial charge in [0.05, 0.1) is 0 Å². The average Bonchev–Trinajstić information content (AvgIpc) is 2.03. The van der Waals surface area contributed by atoms with E-state index >= 15 is 0 Å². The van der Waals surface area contributed by atoms with Crippen molar-refractivity contribution in [1.82, 2.24) is 9.97 Å². The summed E-state index contributed by atoms with van der Waals surface area (Å²) < 4.78 is 36.0. The predicted molar refractivity (Wildman–Crippen MR) is 36.1 cm³/mol. The van der Waals surface area contributed by atoms with Crippen LogP contribution in [-0.4, -0.2) is 9.97 Å². The van der Waals surface area contributed by atoms with Crippen LogP contribution in [0.2, 0.25) is 0 Å². The van der Waals surface area contributed by atoms with E-state index in [2.05, 4.69) is 9.97 Å². The molecule has 1 radical (unpaired) electrons. The minimum atomic E-state index is -4.39. The molecule has 0 unspecified atom stereocenters. The van der Waals surface area contributed by atoms with Gasteiger partial charge in [0, 0.05) is 12.1 Å². The molecular formula is C7H6F3N2. The molecule has 5 heteroatoms. The van der Waals surface area contributed by atoms with E-state index in [1.165, 1.54) is 6.42 Å². The molecule has 0 N–H and O–H groups in total. The zero-order valence-corrected chi connectivity index (χ0v) is 6.26. The van der Waals surface area contributed by atoms with Crippen LogP contribution in [0.15, 0.2) is 12.4 Å². The van der Waals surface area contributed by atoms with Crippen molar-refractivity contribution >= 4 is 0 Å². The summed E-state index contributed by atoms with van der Waals surface area (Å²) in [5, 5.41) is 0. The molecular weight excluding hydrogens is 169 g/mol. The molecule has 2 nitrogen and oxygen atoms in total. The molecule has 0 saturated heterocycles. The van der Waals surface area contributed by atoms with Crippen molar-refractivity contribution in [3.63, 3.8) is 0 Å². The van der Waals surface area contributed by atoms with Crippen LogP contribution < -0.4 is 0 Å². The summed E-state index contributed by atoms with van der Waals surface area (Å²) in [4.78, 5) is 6.71. The first kappa shape index (κ1) is 8.96. The van der Waals surface area contributed by atoms with Crippen LogP contribution in [0.4, 0.5) is 13.2 Å². The standard InChI is InChI=1S/C7H6F3N2/c1-2-5-3-6(7(8,9)10)12-4-11-5/h2-4H,1H3. The third-order valence-electron chi connectivity index (χ3n) is 1.27. The van der Waals surface area contributed by atoms with Gasteiger partial charge in [0.25, 0.3) is 0 Å². The number of hydrogen-bond acceptors (Lipinski definition) is 2. The van der Waals surface area contributed by atoms with Gasteiger partial charge in [-0.3, -0.25) is 0 Å². The molecule has 1 rings (SSSR count). The zero-order chi connectivity index (χ0) is 9.19. The second-order valence-corrected chi connectivity index (χ2v) is 2.11. The number of halogens is 3. The van der Waals surface area contributed by atoms with Crippen LogP contribution in [-0.2, 0) is 6.18 Å². The van der Waals surface area contributed by atoms with E-state index in [1.807, 2.05) is 0 Å². The highest BCUT2D eigenvalue weighted by atomic mass is 19.4. The van der Waals surface area contributed by atoms with Crippen molar-refractivity contribution in [2.45, 2.75) is 13.1 Å². The van der Waals surface area contributed by atoms with E-state index in [9.17, 15) is 13.2 Å². The molecule has 0 fully saturated rings. The maximum absolute atomic E-state index is 12.0. The van der Waals surface area contributed by atoms with Crippen molar-refractivity contribution in [2.75, 3.05) is 0 Å². The first-order valence-electron chi connectivity index (χ1n) is 3.22. The molecule has 0 bridgehead atoms. The van der Waals surface area contributed by atoms with Gasteiger partial charge >= 0.3 is 6.18 Å². The second kappa shape index (κ2) is 3.08. The number of nitrogens with zero attached hydrogens (tertiary/aromatic N) is 2. The van der Waals surface area contributed by atoms with Crippen LogP contribution >= 0.6 is 0 Å². The summed E-state index contributed by atoms with van der Waals surface area (Å²) in [5.41, 5.74) is -0.636. The van der Waals surface area contributed by atoms with Gasteiger partial charge < -0.3 is 0 Å². The summed E-state index contributed by atoms with van der Waals surface area (Å²) in [6, 6.07) is 0.903. The molecule has 0 aliphatic carbocycles. The van der Waals surface area contributed by atoms with E-state index in [0.29, 0.717) is 0 Å². The largest absolute Gasteiger partial charge is 0.433 e. The summed E-state index contributed by atoms with van der Waals surface area (Å²) in [7, 11) is 0. The number of alkyl halides is 3. The Kier molecular flexibility index (Phi) is 2.30. The molecule has 0 aliphatic rings. The topological polar surface area (TPSA) is 25.8 Å². The summed E-state index contributed by atoms with van der Waals surface area (Å²) in [6.45, 7) is 1.61. The summed E-state index contributed by atoms with van der Waals surface area (Å²) in [5.74, 6) is 0. The molecule has 1 aromatic rings. The van der Waals surface area contributed by atoms with Gasteiger partial charge in [-0.25, -0.2) is 9.97 Å². The van der Waals surface area contributed by atoms with Gasteiger partial charge in [0.2, 0.25) is 0 Å². The highest BCUT2D eigenvalue weighted by Gasteiger charge is 2.32. The Balaban J connectivity index is 3.02. The molecule has 0 amide bonds.